The zero-order chi connectivity index (χ0) is 10.7. The van der Waals surface area contributed by atoms with Crippen LogP contribution in [0.25, 0.3) is 0 Å². The van der Waals surface area contributed by atoms with Gasteiger partial charge in [0.05, 0.1) is 13.5 Å². The largest absolute Gasteiger partial charge is 0.496 e. The number of primary amides is 1. The van der Waals surface area contributed by atoms with E-state index in [4.69, 9.17) is 10.5 Å². The molecule has 0 fully saturated rings. The summed E-state index contributed by atoms with van der Waals surface area (Å²) in [6, 6.07) is 3.74. The predicted molar refractivity (Wildman–Crippen MR) is 58.3 cm³/mol. The average Bonchev–Trinajstić information content (AvgIpc) is 2.10. The van der Waals surface area contributed by atoms with E-state index in [1.165, 1.54) is 0 Å². The number of hydrogen-bond acceptors (Lipinski definition) is 2. The molecule has 1 aromatic rings. The first-order valence-corrected chi connectivity index (χ1v) is 4.95. The van der Waals surface area contributed by atoms with Crippen molar-refractivity contribution < 1.29 is 9.53 Å². The Labute approximate surface area is 91.4 Å². The van der Waals surface area contributed by atoms with E-state index >= 15 is 0 Å². The summed E-state index contributed by atoms with van der Waals surface area (Å²) in [5, 5.41) is 0. The van der Waals surface area contributed by atoms with E-state index < -0.39 is 0 Å². The second-order valence-corrected chi connectivity index (χ2v) is 3.91. The summed E-state index contributed by atoms with van der Waals surface area (Å²) in [6.07, 6.45) is 0.241. The molecule has 0 heterocycles. The molecule has 4 heteroatoms. The van der Waals surface area contributed by atoms with Gasteiger partial charge in [-0.2, -0.15) is 0 Å². The van der Waals surface area contributed by atoms with Crippen LogP contribution >= 0.6 is 15.9 Å². The van der Waals surface area contributed by atoms with Crippen LogP contribution in [0.4, 0.5) is 0 Å². The second-order valence-electron chi connectivity index (χ2n) is 3.06. The highest BCUT2D eigenvalue weighted by Crippen LogP contribution is 2.27. The van der Waals surface area contributed by atoms with E-state index in [-0.39, 0.29) is 12.3 Å². The minimum atomic E-state index is -0.338. The molecular formula is C10H12BrNO2. The number of carbonyl (C=O) groups excluding carboxylic acids is 1. The first kappa shape index (κ1) is 11.0. The SMILES string of the molecule is COc1cc(Br)c(CC(N)=O)cc1C. The normalized spacial score (nSPS) is 9.93. The Bertz CT molecular complexity index is 363. The quantitative estimate of drug-likeness (QED) is 0.898. The van der Waals surface area contributed by atoms with Crippen molar-refractivity contribution in [2.24, 2.45) is 5.73 Å². The Morgan fingerprint density at radius 1 is 1.57 bits per heavy atom. The zero-order valence-corrected chi connectivity index (χ0v) is 9.72. The van der Waals surface area contributed by atoms with Gasteiger partial charge in [-0.15, -0.1) is 0 Å². The number of benzene rings is 1. The molecule has 0 aromatic heterocycles. The number of methoxy groups -OCH3 is 1. The second kappa shape index (κ2) is 4.46. The third-order valence-corrected chi connectivity index (χ3v) is 2.67. The van der Waals surface area contributed by atoms with Crippen molar-refractivity contribution in [3.8, 4) is 5.75 Å². The van der Waals surface area contributed by atoms with Gasteiger partial charge in [0.15, 0.2) is 0 Å². The van der Waals surface area contributed by atoms with Gasteiger partial charge < -0.3 is 10.5 Å². The standard InChI is InChI=1S/C10H12BrNO2/c1-6-3-7(4-10(12)13)8(11)5-9(6)14-2/h3,5H,4H2,1-2H3,(H2,12,13). The Balaban J connectivity index is 3.08. The fourth-order valence-electron chi connectivity index (χ4n) is 1.27. The molecule has 1 rings (SSSR count). The third kappa shape index (κ3) is 2.48. The Morgan fingerprint density at radius 2 is 2.21 bits per heavy atom. The predicted octanol–water partition coefficient (Wildman–Crippen LogP) is 1.79. The summed E-state index contributed by atoms with van der Waals surface area (Å²) in [7, 11) is 1.61. The van der Waals surface area contributed by atoms with Crippen molar-refractivity contribution in [1.82, 2.24) is 0 Å². The molecule has 0 aliphatic rings. The minimum absolute atomic E-state index is 0.241. The van der Waals surface area contributed by atoms with Gasteiger partial charge in [0, 0.05) is 4.47 Å². The first-order valence-electron chi connectivity index (χ1n) is 4.16. The smallest absolute Gasteiger partial charge is 0.221 e. The van der Waals surface area contributed by atoms with Crippen molar-refractivity contribution in [3.05, 3.63) is 27.7 Å². The molecule has 0 aliphatic carbocycles. The average molecular weight is 258 g/mol. The van der Waals surface area contributed by atoms with Gasteiger partial charge in [0.2, 0.25) is 5.91 Å². The highest BCUT2D eigenvalue weighted by atomic mass is 79.9. The highest BCUT2D eigenvalue weighted by Gasteiger charge is 2.07. The van der Waals surface area contributed by atoms with Crippen LogP contribution in [0, 0.1) is 6.92 Å². The Kier molecular flexibility index (Phi) is 3.52. The number of rotatable bonds is 3. The molecule has 1 aromatic carbocycles. The van der Waals surface area contributed by atoms with E-state index in [0.29, 0.717) is 0 Å². The number of nitrogens with two attached hydrogens (primary N) is 1. The summed E-state index contributed by atoms with van der Waals surface area (Å²) in [5.41, 5.74) is 7.00. The van der Waals surface area contributed by atoms with Gasteiger partial charge in [-0.1, -0.05) is 22.0 Å². The van der Waals surface area contributed by atoms with Gasteiger partial charge in [-0.25, -0.2) is 0 Å². The van der Waals surface area contributed by atoms with Crippen LogP contribution in [0.2, 0.25) is 0 Å². The number of aryl methyl sites for hydroxylation is 1. The molecule has 0 saturated heterocycles. The molecule has 76 valence electrons. The number of ether oxygens (including phenoxy) is 1. The molecule has 0 bridgehead atoms. The molecule has 0 atom stereocenters. The molecule has 0 aliphatic heterocycles. The summed E-state index contributed by atoms with van der Waals surface area (Å²) in [5.74, 6) is 0.459. The monoisotopic (exact) mass is 257 g/mol. The van der Waals surface area contributed by atoms with Crippen molar-refractivity contribution in [2.75, 3.05) is 7.11 Å². The minimum Gasteiger partial charge on any atom is -0.496 e. The van der Waals surface area contributed by atoms with Gasteiger partial charge in [-0.3, -0.25) is 4.79 Å². The first-order chi connectivity index (χ1) is 6.54. The summed E-state index contributed by atoms with van der Waals surface area (Å²) >= 11 is 3.36. The van der Waals surface area contributed by atoms with Crippen LogP contribution in [-0.4, -0.2) is 13.0 Å². The van der Waals surface area contributed by atoms with Crippen LogP contribution in [-0.2, 0) is 11.2 Å². The Hall–Kier alpha value is -1.03. The van der Waals surface area contributed by atoms with E-state index in [0.717, 1.165) is 21.3 Å². The topological polar surface area (TPSA) is 52.3 Å². The van der Waals surface area contributed by atoms with Gasteiger partial charge in [0.1, 0.15) is 5.75 Å². The molecule has 1 amide bonds. The van der Waals surface area contributed by atoms with E-state index in [9.17, 15) is 4.79 Å². The molecule has 0 saturated carbocycles. The summed E-state index contributed by atoms with van der Waals surface area (Å²) < 4.78 is 5.99. The van der Waals surface area contributed by atoms with Crippen LogP contribution < -0.4 is 10.5 Å². The van der Waals surface area contributed by atoms with Crippen molar-refractivity contribution in [3.63, 3.8) is 0 Å². The number of amides is 1. The van der Waals surface area contributed by atoms with Gasteiger partial charge in [-0.05, 0) is 24.1 Å². The number of halogens is 1. The van der Waals surface area contributed by atoms with E-state index in [1.54, 1.807) is 7.11 Å². The van der Waals surface area contributed by atoms with Crippen LogP contribution in [0.15, 0.2) is 16.6 Å². The third-order valence-electron chi connectivity index (χ3n) is 1.93. The fourth-order valence-corrected chi connectivity index (χ4v) is 1.73. The lowest BCUT2D eigenvalue weighted by Crippen LogP contribution is -2.14. The lowest BCUT2D eigenvalue weighted by Gasteiger charge is -2.08. The van der Waals surface area contributed by atoms with Crippen molar-refractivity contribution in [1.29, 1.82) is 0 Å². The molecule has 0 spiro atoms. The number of hydrogen-bond donors (Lipinski definition) is 1. The van der Waals surface area contributed by atoms with E-state index in [1.807, 2.05) is 19.1 Å². The maximum atomic E-state index is 10.8. The summed E-state index contributed by atoms with van der Waals surface area (Å²) in [4.78, 5) is 10.8. The maximum absolute atomic E-state index is 10.8. The van der Waals surface area contributed by atoms with Crippen LogP contribution in [0.1, 0.15) is 11.1 Å². The Morgan fingerprint density at radius 3 is 2.71 bits per heavy atom. The van der Waals surface area contributed by atoms with Crippen molar-refractivity contribution >= 4 is 21.8 Å². The highest BCUT2D eigenvalue weighted by molar-refractivity contribution is 9.10. The lowest BCUT2D eigenvalue weighted by atomic mass is 10.1. The van der Waals surface area contributed by atoms with Crippen LogP contribution in [0.5, 0.6) is 5.75 Å². The van der Waals surface area contributed by atoms with E-state index in [2.05, 4.69) is 15.9 Å². The maximum Gasteiger partial charge on any atom is 0.221 e. The fraction of sp³-hybridized carbons (Fsp3) is 0.300. The number of carbonyl (C=O) groups is 1. The van der Waals surface area contributed by atoms with Gasteiger partial charge >= 0.3 is 0 Å². The molecule has 14 heavy (non-hydrogen) atoms. The molecule has 3 nitrogen and oxygen atoms in total. The molecule has 2 N–H and O–H groups in total. The molecular weight excluding hydrogens is 246 g/mol. The zero-order valence-electron chi connectivity index (χ0n) is 8.13. The molecule has 0 unspecified atom stereocenters. The van der Waals surface area contributed by atoms with Crippen LogP contribution in [0.3, 0.4) is 0 Å². The van der Waals surface area contributed by atoms with Gasteiger partial charge in [0.25, 0.3) is 0 Å². The molecule has 0 radical (unpaired) electrons. The van der Waals surface area contributed by atoms with Crippen molar-refractivity contribution in [2.45, 2.75) is 13.3 Å². The lowest BCUT2D eigenvalue weighted by molar-refractivity contribution is -0.117. The summed E-state index contributed by atoms with van der Waals surface area (Å²) in [6.45, 7) is 1.93.